The number of hydrogen-bond donors (Lipinski definition) is 2. The smallest absolute Gasteiger partial charge is 0.241 e. The van der Waals surface area contributed by atoms with Gasteiger partial charge in [0.05, 0.1) is 4.90 Å². The molecule has 4 nitrogen and oxygen atoms in total. The van der Waals surface area contributed by atoms with Gasteiger partial charge < -0.3 is 5.32 Å². The Morgan fingerprint density at radius 3 is 2.82 bits per heavy atom. The van der Waals surface area contributed by atoms with E-state index in [1.807, 2.05) is 13.2 Å². The molecule has 98 valence electrons. The maximum absolute atomic E-state index is 12.1. The van der Waals surface area contributed by atoms with Gasteiger partial charge in [0.2, 0.25) is 10.0 Å². The fourth-order valence-electron chi connectivity index (χ4n) is 1.47. The summed E-state index contributed by atoms with van der Waals surface area (Å²) >= 11 is 3.08. The van der Waals surface area contributed by atoms with E-state index in [0.717, 1.165) is 10.6 Å². The van der Waals surface area contributed by atoms with Gasteiger partial charge in [0, 0.05) is 23.2 Å². The lowest BCUT2D eigenvalue weighted by Gasteiger charge is -2.13. The Morgan fingerprint density at radius 1 is 1.53 bits per heavy atom. The van der Waals surface area contributed by atoms with Crippen molar-refractivity contribution in [2.75, 3.05) is 19.1 Å². The highest BCUT2D eigenvalue weighted by Gasteiger charge is 2.21. The van der Waals surface area contributed by atoms with Crippen molar-refractivity contribution in [3.05, 3.63) is 16.3 Å². The van der Waals surface area contributed by atoms with E-state index in [0.29, 0.717) is 11.4 Å². The Labute approximate surface area is 111 Å². The van der Waals surface area contributed by atoms with Crippen molar-refractivity contribution in [1.82, 2.24) is 10.0 Å². The van der Waals surface area contributed by atoms with E-state index in [4.69, 9.17) is 0 Å². The lowest BCUT2D eigenvalue weighted by atomic mass is 10.4. The highest BCUT2D eigenvalue weighted by molar-refractivity contribution is 7.98. The van der Waals surface area contributed by atoms with Gasteiger partial charge in [0.15, 0.2) is 0 Å². The maximum atomic E-state index is 12.1. The molecule has 1 heterocycles. The molecule has 1 aromatic heterocycles. The Morgan fingerprint density at radius 2 is 2.24 bits per heavy atom. The monoisotopic (exact) mass is 294 g/mol. The minimum atomic E-state index is -3.38. The summed E-state index contributed by atoms with van der Waals surface area (Å²) < 4.78 is 27.0. The number of sulfonamides is 1. The van der Waals surface area contributed by atoms with Crippen LogP contribution in [-0.4, -0.2) is 33.5 Å². The molecule has 0 fully saturated rings. The van der Waals surface area contributed by atoms with Gasteiger partial charge >= 0.3 is 0 Å². The Bertz CT molecular complexity index is 442. The second-order valence-corrected chi connectivity index (χ2v) is 7.31. The second-order valence-electron chi connectivity index (χ2n) is 3.72. The van der Waals surface area contributed by atoms with Crippen molar-refractivity contribution in [3.8, 4) is 0 Å². The summed E-state index contributed by atoms with van der Waals surface area (Å²) in [4.78, 5) is 1.24. The lowest BCUT2D eigenvalue weighted by molar-refractivity contribution is 0.570. The van der Waals surface area contributed by atoms with E-state index in [1.54, 1.807) is 30.3 Å². The van der Waals surface area contributed by atoms with Crippen LogP contribution in [0.3, 0.4) is 0 Å². The molecule has 0 spiro atoms. The van der Waals surface area contributed by atoms with Crippen molar-refractivity contribution in [3.63, 3.8) is 0 Å². The summed E-state index contributed by atoms with van der Waals surface area (Å²) in [6, 6.07) is 1.60. The first kappa shape index (κ1) is 15.0. The molecule has 0 aliphatic heterocycles. The quantitative estimate of drug-likeness (QED) is 0.800. The van der Waals surface area contributed by atoms with E-state index in [9.17, 15) is 8.42 Å². The summed E-state index contributed by atoms with van der Waals surface area (Å²) in [7, 11) is -1.58. The molecule has 1 atom stereocenters. The predicted octanol–water partition coefficient (Wildman–Crippen LogP) is 1.50. The van der Waals surface area contributed by atoms with Gasteiger partial charge in [-0.2, -0.15) is 11.8 Å². The van der Waals surface area contributed by atoms with Crippen LogP contribution in [0.5, 0.6) is 0 Å². The zero-order valence-corrected chi connectivity index (χ0v) is 12.6. The summed E-state index contributed by atoms with van der Waals surface area (Å²) in [5.74, 6) is 0.769. The molecule has 1 aromatic rings. The van der Waals surface area contributed by atoms with Gasteiger partial charge in [-0.3, -0.25) is 0 Å². The highest BCUT2D eigenvalue weighted by atomic mass is 32.2. The molecule has 1 unspecified atom stereocenters. The first-order chi connectivity index (χ1) is 8.01. The molecule has 0 aromatic carbocycles. The molecule has 2 N–H and O–H groups in total. The third-order valence-electron chi connectivity index (χ3n) is 2.10. The molecular weight excluding hydrogens is 276 g/mol. The fourth-order valence-corrected chi connectivity index (χ4v) is 4.86. The van der Waals surface area contributed by atoms with E-state index in [2.05, 4.69) is 10.0 Å². The van der Waals surface area contributed by atoms with Crippen LogP contribution < -0.4 is 10.0 Å². The first-order valence-electron chi connectivity index (χ1n) is 5.23. The summed E-state index contributed by atoms with van der Waals surface area (Å²) in [5.41, 5.74) is 0. The predicted molar refractivity (Wildman–Crippen MR) is 75.2 cm³/mol. The van der Waals surface area contributed by atoms with Gasteiger partial charge in [0.25, 0.3) is 0 Å². The van der Waals surface area contributed by atoms with Crippen molar-refractivity contribution >= 4 is 33.1 Å². The standard InChI is InChI=1S/C10H18N2O2S3/c1-8(7-15-3)12-17(13,14)10-4-5-16-9(10)6-11-2/h4-5,8,11-12H,6-7H2,1-3H3. The van der Waals surface area contributed by atoms with Crippen LogP contribution in [0.1, 0.15) is 11.8 Å². The number of thiophene rings is 1. The van der Waals surface area contributed by atoms with Gasteiger partial charge in [-0.15, -0.1) is 11.3 Å². The van der Waals surface area contributed by atoms with Crippen molar-refractivity contribution in [2.45, 2.75) is 24.4 Å². The average molecular weight is 294 g/mol. The van der Waals surface area contributed by atoms with Crippen molar-refractivity contribution < 1.29 is 8.42 Å². The number of hydrogen-bond acceptors (Lipinski definition) is 5. The molecule has 17 heavy (non-hydrogen) atoms. The van der Waals surface area contributed by atoms with Crippen molar-refractivity contribution in [2.24, 2.45) is 0 Å². The molecule has 0 radical (unpaired) electrons. The summed E-state index contributed by atoms with van der Waals surface area (Å²) in [6.45, 7) is 2.45. The van der Waals surface area contributed by atoms with Gasteiger partial charge in [-0.1, -0.05) is 0 Å². The molecule has 0 aliphatic rings. The molecule has 0 aliphatic carbocycles. The van der Waals surface area contributed by atoms with Gasteiger partial charge in [-0.25, -0.2) is 13.1 Å². The van der Waals surface area contributed by atoms with Crippen LogP contribution in [0.15, 0.2) is 16.3 Å². The Hall–Kier alpha value is -0.0800. The minimum absolute atomic E-state index is 0.0580. The van der Waals surface area contributed by atoms with E-state index >= 15 is 0 Å². The van der Waals surface area contributed by atoms with Gasteiger partial charge in [0.1, 0.15) is 0 Å². The van der Waals surface area contributed by atoms with E-state index in [1.165, 1.54) is 11.3 Å². The highest BCUT2D eigenvalue weighted by Crippen LogP contribution is 2.22. The SMILES string of the molecule is CNCc1sccc1S(=O)(=O)NC(C)CSC. The maximum Gasteiger partial charge on any atom is 0.241 e. The third-order valence-corrected chi connectivity index (χ3v) is 5.66. The zero-order chi connectivity index (χ0) is 12.9. The molecule has 0 bridgehead atoms. The first-order valence-corrected chi connectivity index (χ1v) is 8.99. The van der Waals surface area contributed by atoms with Crippen LogP contribution in [-0.2, 0) is 16.6 Å². The summed E-state index contributed by atoms with van der Waals surface area (Å²) in [6.07, 6.45) is 1.96. The van der Waals surface area contributed by atoms with Gasteiger partial charge in [-0.05, 0) is 31.7 Å². The molecule has 0 saturated heterocycles. The van der Waals surface area contributed by atoms with Crippen LogP contribution >= 0.6 is 23.1 Å². The molecule has 1 rings (SSSR count). The number of rotatable bonds is 7. The van der Waals surface area contributed by atoms with E-state index in [-0.39, 0.29) is 6.04 Å². The third kappa shape index (κ3) is 4.26. The van der Waals surface area contributed by atoms with Crippen LogP contribution in [0.25, 0.3) is 0 Å². The topological polar surface area (TPSA) is 58.2 Å². The molecule has 0 amide bonds. The minimum Gasteiger partial charge on any atom is -0.315 e. The van der Waals surface area contributed by atoms with Crippen LogP contribution in [0, 0.1) is 0 Å². The molecule has 7 heteroatoms. The van der Waals surface area contributed by atoms with Crippen molar-refractivity contribution in [1.29, 1.82) is 0 Å². The number of nitrogens with one attached hydrogen (secondary N) is 2. The largest absolute Gasteiger partial charge is 0.315 e. The fraction of sp³-hybridized carbons (Fsp3) is 0.600. The second kappa shape index (κ2) is 6.75. The zero-order valence-electron chi connectivity index (χ0n) is 10.2. The average Bonchev–Trinajstić information content (AvgIpc) is 2.66. The molecular formula is C10H18N2O2S3. The Kier molecular flexibility index (Phi) is 5.94. The lowest BCUT2D eigenvalue weighted by Crippen LogP contribution is -2.34. The van der Waals surface area contributed by atoms with E-state index < -0.39 is 10.0 Å². The van der Waals surface area contributed by atoms with Crippen LogP contribution in [0.2, 0.25) is 0 Å². The molecule has 0 saturated carbocycles. The summed E-state index contributed by atoms with van der Waals surface area (Å²) in [5, 5.41) is 4.78. The van der Waals surface area contributed by atoms with Crippen LogP contribution in [0.4, 0.5) is 0 Å². The number of thioether (sulfide) groups is 1. The normalized spacial score (nSPS) is 13.8. The Balaban J connectivity index is 2.85.